The molecule has 0 aliphatic carbocycles. The largest absolute Gasteiger partial charge is 0.387 e. The fraction of sp³-hybridized carbons (Fsp3) is 0.538. The molecule has 2 rings (SSSR count). The van der Waals surface area contributed by atoms with Crippen LogP contribution in [-0.4, -0.2) is 17.7 Å². The van der Waals surface area contributed by atoms with Crippen LogP contribution < -0.4 is 5.32 Å². The van der Waals surface area contributed by atoms with Crippen LogP contribution >= 0.6 is 27.5 Å². The minimum absolute atomic E-state index is 0.109. The number of rotatable bonds is 2. The van der Waals surface area contributed by atoms with Gasteiger partial charge in [0.1, 0.15) is 0 Å². The third-order valence-electron chi connectivity index (χ3n) is 3.36. The number of hydrogen-bond donors (Lipinski definition) is 2. The molecule has 0 aromatic heterocycles. The Bertz CT molecular complexity index is 399. The van der Waals surface area contributed by atoms with Crippen LogP contribution in [0.5, 0.6) is 0 Å². The van der Waals surface area contributed by atoms with Crippen LogP contribution in [0.3, 0.4) is 0 Å². The number of aliphatic hydroxyl groups excluding tert-OH is 1. The van der Waals surface area contributed by atoms with E-state index in [9.17, 15) is 5.11 Å². The van der Waals surface area contributed by atoms with Crippen molar-refractivity contribution in [1.29, 1.82) is 0 Å². The molecule has 3 atom stereocenters. The van der Waals surface area contributed by atoms with E-state index in [1.165, 1.54) is 6.42 Å². The standard InChI is InChI=1S/C13H17BrClNO/c1-8-4-5-16-12(6-8)13(17)10-3-2-9(14)7-11(10)15/h2-3,7-8,12-13,16-17H,4-6H2,1H3. The average Bonchev–Trinajstić information content (AvgIpc) is 2.28. The number of halogens is 2. The minimum atomic E-state index is -0.529. The van der Waals surface area contributed by atoms with E-state index in [-0.39, 0.29) is 6.04 Å². The molecule has 1 aliphatic rings. The van der Waals surface area contributed by atoms with Gasteiger partial charge in [0.15, 0.2) is 0 Å². The summed E-state index contributed by atoms with van der Waals surface area (Å²) in [6, 6.07) is 5.73. The highest BCUT2D eigenvalue weighted by atomic mass is 79.9. The fourth-order valence-electron chi connectivity index (χ4n) is 2.35. The maximum atomic E-state index is 10.4. The van der Waals surface area contributed by atoms with Gasteiger partial charge >= 0.3 is 0 Å². The Labute approximate surface area is 115 Å². The van der Waals surface area contributed by atoms with E-state index in [0.717, 1.165) is 23.0 Å². The monoisotopic (exact) mass is 317 g/mol. The lowest BCUT2D eigenvalue weighted by molar-refractivity contribution is 0.101. The Kier molecular flexibility index (Phi) is 4.47. The Morgan fingerprint density at radius 3 is 2.94 bits per heavy atom. The number of piperidine rings is 1. The summed E-state index contributed by atoms with van der Waals surface area (Å²) in [5.41, 5.74) is 0.807. The first kappa shape index (κ1) is 13.3. The van der Waals surface area contributed by atoms with E-state index in [1.54, 1.807) is 0 Å². The molecule has 2 N–H and O–H groups in total. The number of aliphatic hydroxyl groups is 1. The van der Waals surface area contributed by atoms with Crippen LogP contribution in [0.15, 0.2) is 22.7 Å². The molecule has 1 aromatic carbocycles. The molecule has 4 heteroatoms. The maximum Gasteiger partial charge on any atom is 0.0957 e. The van der Waals surface area contributed by atoms with Gasteiger partial charge < -0.3 is 10.4 Å². The van der Waals surface area contributed by atoms with Gasteiger partial charge in [-0.1, -0.05) is 40.5 Å². The van der Waals surface area contributed by atoms with Gasteiger partial charge in [0.2, 0.25) is 0 Å². The van der Waals surface area contributed by atoms with Crippen LogP contribution in [0.4, 0.5) is 0 Å². The Morgan fingerprint density at radius 1 is 1.53 bits per heavy atom. The smallest absolute Gasteiger partial charge is 0.0957 e. The van der Waals surface area contributed by atoms with E-state index < -0.39 is 6.10 Å². The molecule has 0 amide bonds. The number of benzene rings is 1. The van der Waals surface area contributed by atoms with Crippen molar-refractivity contribution >= 4 is 27.5 Å². The van der Waals surface area contributed by atoms with Crippen LogP contribution in [0, 0.1) is 5.92 Å². The van der Waals surface area contributed by atoms with Crippen LogP contribution in [0.1, 0.15) is 31.4 Å². The second kappa shape index (κ2) is 5.70. The van der Waals surface area contributed by atoms with Crippen molar-refractivity contribution in [2.75, 3.05) is 6.54 Å². The molecular weight excluding hydrogens is 302 g/mol. The first-order valence-electron chi connectivity index (χ1n) is 5.94. The summed E-state index contributed by atoms with van der Waals surface area (Å²) >= 11 is 9.53. The molecule has 1 fully saturated rings. The summed E-state index contributed by atoms with van der Waals surface area (Å²) < 4.78 is 0.934. The van der Waals surface area contributed by atoms with Gasteiger partial charge in [0.25, 0.3) is 0 Å². The number of nitrogens with one attached hydrogen (secondary N) is 1. The highest BCUT2D eigenvalue weighted by Crippen LogP contribution is 2.31. The molecule has 2 nitrogen and oxygen atoms in total. The van der Waals surface area contributed by atoms with Crippen molar-refractivity contribution in [2.45, 2.75) is 31.9 Å². The molecule has 1 aromatic rings. The van der Waals surface area contributed by atoms with Crippen molar-refractivity contribution in [2.24, 2.45) is 5.92 Å². The normalized spacial score (nSPS) is 26.8. The molecule has 0 saturated carbocycles. The van der Waals surface area contributed by atoms with Crippen molar-refractivity contribution in [3.63, 3.8) is 0 Å². The third kappa shape index (κ3) is 3.22. The van der Waals surface area contributed by atoms with Crippen LogP contribution in [0.2, 0.25) is 5.02 Å². The molecular formula is C13H17BrClNO. The second-order valence-electron chi connectivity index (χ2n) is 4.80. The first-order valence-corrected chi connectivity index (χ1v) is 7.11. The summed E-state index contributed by atoms with van der Waals surface area (Å²) in [4.78, 5) is 0. The first-order chi connectivity index (χ1) is 8.08. The molecule has 1 aliphatic heterocycles. The van der Waals surface area contributed by atoms with E-state index in [2.05, 4.69) is 28.2 Å². The molecule has 0 bridgehead atoms. The molecule has 1 saturated heterocycles. The highest BCUT2D eigenvalue weighted by Gasteiger charge is 2.27. The highest BCUT2D eigenvalue weighted by molar-refractivity contribution is 9.10. The summed E-state index contributed by atoms with van der Waals surface area (Å²) in [7, 11) is 0. The molecule has 94 valence electrons. The van der Waals surface area contributed by atoms with Crippen molar-refractivity contribution < 1.29 is 5.11 Å². The Morgan fingerprint density at radius 2 is 2.29 bits per heavy atom. The van der Waals surface area contributed by atoms with Gasteiger partial charge in [-0.3, -0.25) is 0 Å². The van der Waals surface area contributed by atoms with E-state index >= 15 is 0 Å². The van der Waals surface area contributed by atoms with Gasteiger partial charge in [-0.25, -0.2) is 0 Å². The quantitative estimate of drug-likeness (QED) is 0.874. The summed E-state index contributed by atoms with van der Waals surface area (Å²) in [5.74, 6) is 0.658. The lowest BCUT2D eigenvalue weighted by Gasteiger charge is -2.32. The summed E-state index contributed by atoms with van der Waals surface area (Å²) in [6.07, 6.45) is 1.64. The van der Waals surface area contributed by atoms with Crippen LogP contribution in [-0.2, 0) is 0 Å². The molecule has 1 heterocycles. The molecule has 17 heavy (non-hydrogen) atoms. The second-order valence-corrected chi connectivity index (χ2v) is 6.12. The SMILES string of the molecule is CC1CCNC(C(O)c2ccc(Br)cc2Cl)C1. The number of hydrogen-bond acceptors (Lipinski definition) is 2. The molecule has 3 unspecified atom stereocenters. The third-order valence-corrected chi connectivity index (χ3v) is 4.18. The van der Waals surface area contributed by atoms with E-state index in [4.69, 9.17) is 11.6 Å². The lowest BCUT2D eigenvalue weighted by Crippen LogP contribution is -2.41. The Hall–Kier alpha value is -0.0900. The zero-order valence-corrected chi connectivity index (χ0v) is 12.1. The van der Waals surface area contributed by atoms with Gasteiger partial charge in [-0.05, 0) is 37.4 Å². The summed E-state index contributed by atoms with van der Waals surface area (Å²) in [6.45, 7) is 3.20. The van der Waals surface area contributed by atoms with E-state index in [1.807, 2.05) is 18.2 Å². The minimum Gasteiger partial charge on any atom is -0.387 e. The lowest BCUT2D eigenvalue weighted by atomic mass is 9.89. The zero-order valence-electron chi connectivity index (χ0n) is 9.79. The maximum absolute atomic E-state index is 10.4. The summed E-state index contributed by atoms with van der Waals surface area (Å²) in [5, 5.41) is 14.4. The predicted octanol–water partition coefficient (Wildman–Crippen LogP) is 3.52. The van der Waals surface area contributed by atoms with E-state index in [0.29, 0.717) is 10.9 Å². The zero-order chi connectivity index (χ0) is 12.4. The predicted molar refractivity (Wildman–Crippen MR) is 74.3 cm³/mol. The van der Waals surface area contributed by atoms with Gasteiger partial charge in [-0.15, -0.1) is 0 Å². The average molecular weight is 319 g/mol. The van der Waals surface area contributed by atoms with Crippen molar-refractivity contribution in [3.8, 4) is 0 Å². The van der Waals surface area contributed by atoms with Gasteiger partial charge in [0.05, 0.1) is 6.10 Å². The van der Waals surface area contributed by atoms with Crippen molar-refractivity contribution in [1.82, 2.24) is 5.32 Å². The fourth-order valence-corrected chi connectivity index (χ4v) is 3.13. The van der Waals surface area contributed by atoms with Gasteiger partial charge in [-0.2, -0.15) is 0 Å². The van der Waals surface area contributed by atoms with Gasteiger partial charge in [0, 0.05) is 21.1 Å². The molecule has 0 spiro atoms. The Balaban J connectivity index is 2.15. The van der Waals surface area contributed by atoms with Crippen molar-refractivity contribution in [3.05, 3.63) is 33.3 Å². The molecule has 0 radical (unpaired) electrons. The topological polar surface area (TPSA) is 32.3 Å². The van der Waals surface area contributed by atoms with Crippen LogP contribution in [0.25, 0.3) is 0 Å².